The van der Waals surface area contributed by atoms with Crippen molar-refractivity contribution >= 4 is 34.9 Å². The molecule has 2 aromatic rings. The number of carbonyl (C=O) groups excluding carboxylic acids is 2. The third kappa shape index (κ3) is 4.02. The number of primary amides is 1. The van der Waals surface area contributed by atoms with E-state index in [0.29, 0.717) is 18.5 Å². The highest BCUT2D eigenvalue weighted by Gasteiger charge is 2.55. The topological polar surface area (TPSA) is 136 Å². The molecule has 0 aliphatic heterocycles. The number of nitrogens with zero attached hydrogens (tertiary/aromatic N) is 2. The van der Waals surface area contributed by atoms with Gasteiger partial charge in [0, 0.05) is 23.7 Å². The molecule has 0 saturated heterocycles. The van der Waals surface area contributed by atoms with Gasteiger partial charge in [0.1, 0.15) is 0 Å². The van der Waals surface area contributed by atoms with Gasteiger partial charge in [0.05, 0.1) is 18.5 Å². The van der Waals surface area contributed by atoms with E-state index in [9.17, 15) is 14.0 Å². The van der Waals surface area contributed by atoms with Crippen LogP contribution in [0.5, 0.6) is 0 Å². The molecule has 5 atom stereocenters. The number of nitrogens with one attached hydrogen (secondary N) is 2. The Kier molecular flexibility index (Phi) is 5.46. The average molecular weight is 433 g/mol. The molecule has 6 N–H and O–H groups in total. The van der Waals surface area contributed by atoms with E-state index >= 15 is 0 Å². The Balaban J connectivity index is 1.48. The molecular weight excluding hydrogens is 411 g/mol. The molecule has 1 aromatic heterocycles. The smallest absolute Gasteiger partial charge is 0.224 e. The van der Waals surface area contributed by atoms with Gasteiger partial charge < -0.3 is 22.1 Å². The van der Waals surface area contributed by atoms with Crippen LogP contribution in [0, 0.1) is 23.6 Å². The maximum atomic E-state index is 14.1. The fraction of sp³-hybridized carbons (Fsp3) is 0.400. The van der Waals surface area contributed by atoms with Crippen LogP contribution in [-0.4, -0.2) is 33.9 Å². The van der Waals surface area contributed by atoms with Gasteiger partial charge in [-0.2, -0.15) is 4.98 Å². The normalized spacial score (nSPS) is 27.1. The maximum absolute atomic E-state index is 14.1. The summed E-state index contributed by atoms with van der Waals surface area (Å²) in [5, 5.41) is 5.94. The first-order valence-electron chi connectivity index (χ1n) is 9.69. The lowest BCUT2D eigenvalue weighted by atomic mass is 9.81. The summed E-state index contributed by atoms with van der Waals surface area (Å²) >= 11 is 5.78. The number of rotatable bonds is 6. The first-order valence-corrected chi connectivity index (χ1v) is 10.1. The molecular formula is C20H22ClFN6O2. The molecule has 0 spiro atoms. The van der Waals surface area contributed by atoms with E-state index in [1.165, 1.54) is 0 Å². The van der Waals surface area contributed by atoms with Crippen LogP contribution in [0.15, 0.2) is 30.5 Å². The highest BCUT2D eigenvalue weighted by molar-refractivity contribution is 6.28. The number of anilines is 2. The van der Waals surface area contributed by atoms with Crippen molar-refractivity contribution in [1.82, 2.24) is 15.3 Å². The summed E-state index contributed by atoms with van der Waals surface area (Å²) in [6.45, 7) is 0. The van der Waals surface area contributed by atoms with Crippen LogP contribution < -0.4 is 22.1 Å². The summed E-state index contributed by atoms with van der Waals surface area (Å²) in [6, 6.07) is 6.54. The van der Waals surface area contributed by atoms with Crippen molar-refractivity contribution in [2.75, 3.05) is 11.1 Å². The Bertz CT molecular complexity index is 990. The molecule has 2 bridgehead atoms. The summed E-state index contributed by atoms with van der Waals surface area (Å²) in [4.78, 5) is 32.1. The summed E-state index contributed by atoms with van der Waals surface area (Å²) in [7, 11) is 0. The summed E-state index contributed by atoms with van der Waals surface area (Å²) in [6.07, 6.45) is 2.52. The lowest BCUT2D eigenvalue weighted by molar-refractivity contribution is -0.123. The van der Waals surface area contributed by atoms with Gasteiger partial charge in [-0.15, -0.1) is 0 Å². The zero-order chi connectivity index (χ0) is 21.4. The molecule has 1 aromatic carbocycles. The fourth-order valence-electron chi connectivity index (χ4n) is 4.88. The number of halogens is 2. The zero-order valence-corrected chi connectivity index (χ0v) is 16.8. The van der Waals surface area contributed by atoms with Crippen LogP contribution in [0.2, 0.25) is 5.28 Å². The predicted molar refractivity (Wildman–Crippen MR) is 110 cm³/mol. The van der Waals surface area contributed by atoms with Crippen molar-refractivity contribution < 1.29 is 14.0 Å². The molecule has 2 fully saturated rings. The van der Waals surface area contributed by atoms with E-state index < -0.39 is 23.7 Å². The van der Waals surface area contributed by atoms with Crippen molar-refractivity contribution in [1.29, 1.82) is 0 Å². The maximum Gasteiger partial charge on any atom is 0.224 e. The molecule has 2 saturated carbocycles. The molecule has 5 unspecified atom stereocenters. The van der Waals surface area contributed by atoms with E-state index in [0.717, 1.165) is 11.8 Å². The Morgan fingerprint density at radius 3 is 2.83 bits per heavy atom. The Labute approximate surface area is 177 Å². The first kappa shape index (κ1) is 20.3. The van der Waals surface area contributed by atoms with Gasteiger partial charge in [-0.3, -0.25) is 9.59 Å². The molecule has 2 amide bonds. The molecule has 1 heterocycles. The van der Waals surface area contributed by atoms with Crippen molar-refractivity contribution in [2.24, 2.45) is 23.5 Å². The van der Waals surface area contributed by atoms with Gasteiger partial charge in [-0.25, -0.2) is 9.37 Å². The molecule has 4 rings (SSSR count). The molecule has 158 valence electrons. The second-order valence-electron chi connectivity index (χ2n) is 7.93. The van der Waals surface area contributed by atoms with E-state index in [4.69, 9.17) is 23.1 Å². The highest BCUT2D eigenvalue weighted by atomic mass is 35.5. The minimum absolute atomic E-state index is 0.00281. The average Bonchev–Trinajstić information content (AvgIpc) is 3.22. The second-order valence-corrected chi connectivity index (χ2v) is 8.26. The third-order valence-corrected chi connectivity index (χ3v) is 6.20. The van der Waals surface area contributed by atoms with E-state index in [1.54, 1.807) is 18.2 Å². The van der Waals surface area contributed by atoms with Crippen molar-refractivity contribution in [3.8, 4) is 0 Å². The monoisotopic (exact) mass is 432 g/mol. The highest BCUT2D eigenvalue weighted by Crippen LogP contribution is 2.49. The predicted octanol–water partition coefficient (Wildman–Crippen LogP) is 1.50. The lowest BCUT2D eigenvalue weighted by Crippen LogP contribution is -2.52. The molecule has 10 heteroatoms. The van der Waals surface area contributed by atoms with E-state index in [1.807, 2.05) is 6.07 Å². The van der Waals surface area contributed by atoms with Crippen LogP contribution in [0.25, 0.3) is 0 Å². The van der Waals surface area contributed by atoms with Crippen molar-refractivity contribution in [2.45, 2.75) is 31.3 Å². The number of hydrogen-bond donors (Lipinski definition) is 4. The first-order chi connectivity index (χ1) is 14.3. The molecule has 2 aliphatic carbocycles. The number of amides is 2. The van der Waals surface area contributed by atoms with Crippen LogP contribution in [0.3, 0.4) is 0 Å². The number of nitrogens with two attached hydrogens (primary N) is 2. The van der Waals surface area contributed by atoms with Crippen LogP contribution in [0.4, 0.5) is 15.9 Å². The quantitative estimate of drug-likeness (QED) is 0.403. The summed E-state index contributed by atoms with van der Waals surface area (Å²) < 4.78 is 14.1. The van der Waals surface area contributed by atoms with Gasteiger partial charge in [-0.05, 0) is 48.1 Å². The number of aromatic nitrogens is 2. The zero-order valence-electron chi connectivity index (χ0n) is 16.0. The Morgan fingerprint density at radius 1 is 1.30 bits per heavy atom. The Hall–Kier alpha value is -2.94. The van der Waals surface area contributed by atoms with Crippen molar-refractivity contribution in [3.63, 3.8) is 0 Å². The molecule has 2 aliphatic rings. The second kappa shape index (κ2) is 8.06. The molecule has 8 nitrogen and oxygen atoms in total. The number of carbonyl (C=O) groups is 2. The Morgan fingerprint density at radius 2 is 2.10 bits per heavy atom. The minimum Gasteiger partial charge on any atom is -0.399 e. The van der Waals surface area contributed by atoms with E-state index in [-0.39, 0.29) is 41.3 Å². The van der Waals surface area contributed by atoms with Gasteiger partial charge >= 0.3 is 0 Å². The van der Waals surface area contributed by atoms with Crippen molar-refractivity contribution in [3.05, 3.63) is 47.1 Å². The number of fused-ring (bicyclic) bond motifs is 2. The van der Waals surface area contributed by atoms with Crippen LogP contribution >= 0.6 is 11.6 Å². The fourth-order valence-corrected chi connectivity index (χ4v) is 5.02. The van der Waals surface area contributed by atoms with E-state index in [2.05, 4.69) is 20.6 Å². The summed E-state index contributed by atoms with van der Waals surface area (Å²) in [5.74, 6) is -1.91. The SMILES string of the molecule is NC(=O)C1C2CC(NC(=O)Cc3cccc(N)c3)C(C2)C1Nc1nc(Cl)ncc1F. The van der Waals surface area contributed by atoms with Gasteiger partial charge in [0.2, 0.25) is 17.1 Å². The number of benzene rings is 1. The van der Waals surface area contributed by atoms with Crippen LogP contribution in [0.1, 0.15) is 18.4 Å². The molecule has 0 radical (unpaired) electrons. The lowest BCUT2D eigenvalue weighted by Gasteiger charge is -2.35. The third-order valence-electron chi connectivity index (χ3n) is 6.01. The number of nitrogen functional groups attached to an aromatic ring is 1. The minimum atomic E-state index is -0.673. The van der Waals surface area contributed by atoms with Crippen LogP contribution in [-0.2, 0) is 16.0 Å². The van der Waals surface area contributed by atoms with Gasteiger partial charge in [0.25, 0.3) is 0 Å². The standard InChI is InChI=1S/C20H22ClFN6O2/c21-20-25-8-13(22)19(28-20)27-17-12-6-10(16(17)18(24)30)7-14(12)26-15(29)5-9-2-1-3-11(23)4-9/h1-4,8,10,12,14,16-17H,5-7,23H2,(H2,24,30)(H,26,29)(H,25,27,28). The largest absolute Gasteiger partial charge is 0.399 e. The van der Waals surface area contributed by atoms with Gasteiger partial charge in [-0.1, -0.05) is 12.1 Å². The number of hydrogen-bond acceptors (Lipinski definition) is 6. The molecule has 30 heavy (non-hydrogen) atoms. The van der Waals surface area contributed by atoms with Gasteiger partial charge in [0.15, 0.2) is 11.6 Å². The summed E-state index contributed by atoms with van der Waals surface area (Å²) in [5.41, 5.74) is 12.8.